The molecule has 2 aliphatic rings. The van der Waals surface area contributed by atoms with E-state index in [1.165, 1.54) is 0 Å². The highest BCUT2D eigenvalue weighted by Crippen LogP contribution is 2.51. The van der Waals surface area contributed by atoms with Crippen LogP contribution >= 0.6 is 0 Å². The Bertz CT molecular complexity index is 547. The molecule has 106 valence electrons. The lowest BCUT2D eigenvalue weighted by molar-refractivity contribution is -0.147. The standard InChI is InChI=1S/C17H20O3/c1-16(2)9-13(18)17(8-12-6-4-3-5-7-12)11-15(19)20-14(17)10-16/h3-7,14H,8-11H2,1-2H3/t14-,17-/m0/s1. The van der Waals surface area contributed by atoms with E-state index in [1.807, 2.05) is 30.3 Å². The Balaban J connectivity index is 1.95. The number of hydrogen-bond donors (Lipinski definition) is 0. The first-order valence-electron chi connectivity index (χ1n) is 7.18. The van der Waals surface area contributed by atoms with Crippen molar-refractivity contribution in [3.63, 3.8) is 0 Å². The maximum Gasteiger partial charge on any atom is 0.307 e. The van der Waals surface area contributed by atoms with Crippen LogP contribution in [0.15, 0.2) is 30.3 Å². The summed E-state index contributed by atoms with van der Waals surface area (Å²) in [4.78, 5) is 24.5. The molecule has 1 aromatic carbocycles. The predicted molar refractivity (Wildman–Crippen MR) is 75.1 cm³/mol. The molecule has 1 aliphatic heterocycles. The third kappa shape index (κ3) is 2.15. The molecule has 0 unspecified atom stereocenters. The van der Waals surface area contributed by atoms with Gasteiger partial charge in [0.05, 0.1) is 11.8 Å². The van der Waals surface area contributed by atoms with E-state index < -0.39 is 5.41 Å². The fourth-order valence-corrected chi connectivity index (χ4v) is 3.62. The average Bonchev–Trinajstić information content (AvgIpc) is 2.66. The van der Waals surface area contributed by atoms with Gasteiger partial charge in [-0.25, -0.2) is 0 Å². The molecule has 3 rings (SSSR count). The third-order valence-corrected chi connectivity index (χ3v) is 4.64. The van der Waals surface area contributed by atoms with Crippen LogP contribution in [0.5, 0.6) is 0 Å². The smallest absolute Gasteiger partial charge is 0.307 e. The van der Waals surface area contributed by atoms with Gasteiger partial charge in [-0.3, -0.25) is 9.59 Å². The number of fused-ring (bicyclic) bond motifs is 1. The van der Waals surface area contributed by atoms with E-state index in [4.69, 9.17) is 4.74 Å². The van der Waals surface area contributed by atoms with E-state index >= 15 is 0 Å². The Kier molecular flexibility index (Phi) is 2.96. The molecule has 20 heavy (non-hydrogen) atoms. The quantitative estimate of drug-likeness (QED) is 0.777. The van der Waals surface area contributed by atoms with Crippen LogP contribution in [0.4, 0.5) is 0 Å². The normalized spacial score (nSPS) is 31.8. The van der Waals surface area contributed by atoms with Crippen molar-refractivity contribution in [2.24, 2.45) is 10.8 Å². The number of rotatable bonds is 2. The van der Waals surface area contributed by atoms with Crippen LogP contribution in [0.1, 0.15) is 38.7 Å². The molecule has 1 aliphatic carbocycles. The van der Waals surface area contributed by atoms with Crippen LogP contribution in [0.2, 0.25) is 0 Å². The van der Waals surface area contributed by atoms with Gasteiger partial charge in [0.2, 0.25) is 0 Å². The first-order valence-corrected chi connectivity index (χ1v) is 7.18. The molecule has 0 spiro atoms. The summed E-state index contributed by atoms with van der Waals surface area (Å²) in [6.45, 7) is 4.15. The maximum absolute atomic E-state index is 12.7. The highest BCUT2D eigenvalue weighted by molar-refractivity contribution is 5.93. The van der Waals surface area contributed by atoms with E-state index in [0.29, 0.717) is 12.8 Å². The monoisotopic (exact) mass is 272 g/mol. The molecule has 1 saturated heterocycles. The van der Waals surface area contributed by atoms with Crippen molar-refractivity contribution in [3.8, 4) is 0 Å². The molecule has 2 atom stereocenters. The van der Waals surface area contributed by atoms with Crippen molar-refractivity contribution >= 4 is 11.8 Å². The van der Waals surface area contributed by atoms with Gasteiger partial charge in [0.25, 0.3) is 0 Å². The highest BCUT2D eigenvalue weighted by Gasteiger charge is 2.58. The van der Waals surface area contributed by atoms with Crippen molar-refractivity contribution in [2.75, 3.05) is 0 Å². The molecule has 1 saturated carbocycles. The molecule has 0 aromatic heterocycles. The molecule has 1 aromatic rings. The summed E-state index contributed by atoms with van der Waals surface area (Å²) in [5, 5.41) is 0. The van der Waals surface area contributed by atoms with Gasteiger partial charge in [0.15, 0.2) is 0 Å². The van der Waals surface area contributed by atoms with Crippen LogP contribution in [-0.4, -0.2) is 17.9 Å². The minimum absolute atomic E-state index is 0.0768. The Hall–Kier alpha value is -1.64. The Labute approximate surface area is 119 Å². The summed E-state index contributed by atoms with van der Waals surface area (Å²) in [6, 6.07) is 9.93. The zero-order chi connectivity index (χ0) is 14.4. The topological polar surface area (TPSA) is 43.4 Å². The van der Waals surface area contributed by atoms with E-state index in [-0.39, 0.29) is 29.7 Å². The predicted octanol–water partition coefficient (Wildman–Crippen LogP) is 2.92. The van der Waals surface area contributed by atoms with Crippen molar-refractivity contribution in [1.82, 2.24) is 0 Å². The summed E-state index contributed by atoms with van der Waals surface area (Å²) in [5.74, 6) is -0.0366. The van der Waals surface area contributed by atoms with Gasteiger partial charge in [-0.15, -0.1) is 0 Å². The van der Waals surface area contributed by atoms with Gasteiger partial charge >= 0.3 is 5.97 Å². The molecule has 3 nitrogen and oxygen atoms in total. The first-order chi connectivity index (χ1) is 9.41. The number of ketones is 1. The Morgan fingerprint density at radius 3 is 2.55 bits per heavy atom. The summed E-state index contributed by atoms with van der Waals surface area (Å²) in [7, 11) is 0. The number of hydrogen-bond acceptors (Lipinski definition) is 3. The van der Waals surface area contributed by atoms with Crippen molar-refractivity contribution < 1.29 is 14.3 Å². The molecular weight excluding hydrogens is 252 g/mol. The molecule has 0 N–H and O–H groups in total. The van der Waals surface area contributed by atoms with Crippen LogP contribution < -0.4 is 0 Å². The second-order valence-corrected chi connectivity index (χ2v) is 6.94. The van der Waals surface area contributed by atoms with Crippen LogP contribution in [0.25, 0.3) is 0 Å². The highest BCUT2D eigenvalue weighted by atomic mass is 16.6. The fourth-order valence-electron chi connectivity index (χ4n) is 3.62. The van der Waals surface area contributed by atoms with E-state index in [2.05, 4.69) is 13.8 Å². The number of Topliss-reactive ketones (excluding diaryl/α,β-unsaturated/α-hetero) is 1. The molecule has 0 bridgehead atoms. The molecule has 0 amide bonds. The van der Waals surface area contributed by atoms with Gasteiger partial charge in [-0.05, 0) is 23.8 Å². The minimum Gasteiger partial charge on any atom is -0.461 e. The largest absolute Gasteiger partial charge is 0.461 e. The average molecular weight is 272 g/mol. The molecule has 0 radical (unpaired) electrons. The van der Waals surface area contributed by atoms with Gasteiger partial charge in [0.1, 0.15) is 11.9 Å². The Morgan fingerprint density at radius 2 is 1.85 bits per heavy atom. The van der Waals surface area contributed by atoms with Gasteiger partial charge in [-0.2, -0.15) is 0 Å². The first kappa shape index (κ1) is 13.3. The molecule has 1 heterocycles. The maximum atomic E-state index is 12.7. The third-order valence-electron chi connectivity index (χ3n) is 4.64. The van der Waals surface area contributed by atoms with E-state index in [9.17, 15) is 9.59 Å². The SMILES string of the molecule is CC1(C)CC(=O)[C@]2(Cc3ccccc3)CC(=O)O[C@H]2C1. The second-order valence-electron chi connectivity index (χ2n) is 6.94. The Morgan fingerprint density at radius 1 is 1.15 bits per heavy atom. The fraction of sp³-hybridized carbons (Fsp3) is 0.529. The van der Waals surface area contributed by atoms with Crippen molar-refractivity contribution in [3.05, 3.63) is 35.9 Å². The van der Waals surface area contributed by atoms with Crippen LogP contribution in [0, 0.1) is 10.8 Å². The number of ether oxygens (including phenoxy) is 1. The summed E-state index contributed by atoms with van der Waals surface area (Å²) in [5.41, 5.74) is 0.393. The number of carbonyl (C=O) groups is 2. The van der Waals surface area contributed by atoms with Crippen molar-refractivity contribution in [2.45, 2.75) is 45.6 Å². The van der Waals surface area contributed by atoms with E-state index in [0.717, 1.165) is 12.0 Å². The van der Waals surface area contributed by atoms with E-state index in [1.54, 1.807) is 0 Å². The van der Waals surface area contributed by atoms with Crippen molar-refractivity contribution in [1.29, 1.82) is 0 Å². The molecular formula is C17H20O3. The number of benzene rings is 1. The van der Waals surface area contributed by atoms with Gasteiger partial charge < -0.3 is 4.74 Å². The summed E-state index contributed by atoms with van der Waals surface area (Å²) < 4.78 is 5.49. The lowest BCUT2D eigenvalue weighted by atomic mass is 9.60. The summed E-state index contributed by atoms with van der Waals surface area (Å²) >= 11 is 0. The molecule has 3 heteroatoms. The van der Waals surface area contributed by atoms with Crippen LogP contribution in [-0.2, 0) is 20.7 Å². The van der Waals surface area contributed by atoms with Gasteiger partial charge in [-0.1, -0.05) is 44.2 Å². The zero-order valence-corrected chi connectivity index (χ0v) is 12.0. The molecule has 2 fully saturated rings. The zero-order valence-electron chi connectivity index (χ0n) is 12.0. The summed E-state index contributed by atoms with van der Waals surface area (Å²) in [6.07, 6.45) is 1.90. The lowest BCUT2D eigenvalue weighted by Gasteiger charge is -2.42. The number of carbonyl (C=O) groups excluding carboxylic acids is 2. The second kappa shape index (κ2) is 4.44. The lowest BCUT2D eigenvalue weighted by Crippen LogP contribution is -2.49. The number of esters is 1. The van der Waals surface area contributed by atoms with Crippen LogP contribution in [0.3, 0.4) is 0 Å². The minimum atomic E-state index is -0.631. The van der Waals surface area contributed by atoms with Gasteiger partial charge in [0, 0.05) is 6.42 Å².